The fourth-order valence-electron chi connectivity index (χ4n) is 1.22. The topological polar surface area (TPSA) is 86.6 Å². The minimum atomic E-state index is -1.22. The third-order valence-electron chi connectivity index (χ3n) is 1.97. The van der Waals surface area contributed by atoms with Gasteiger partial charge in [-0.2, -0.15) is 0 Å². The van der Waals surface area contributed by atoms with Crippen molar-refractivity contribution in [3.05, 3.63) is 29.1 Å². The van der Waals surface area contributed by atoms with Crippen LogP contribution in [0.4, 0.5) is 10.1 Å². The molecule has 6 heteroatoms. The van der Waals surface area contributed by atoms with Crippen molar-refractivity contribution in [3.63, 3.8) is 0 Å². The number of carboxylic acid groups (broad SMARTS) is 2. The van der Waals surface area contributed by atoms with Gasteiger partial charge in [0.2, 0.25) is 0 Å². The molecule has 0 aliphatic carbocycles. The minimum absolute atomic E-state index is 0.0232. The van der Waals surface area contributed by atoms with Crippen LogP contribution in [0.2, 0.25) is 0 Å². The molecule has 86 valence electrons. The first kappa shape index (κ1) is 12.0. The Kier molecular flexibility index (Phi) is 3.44. The second-order valence-electron chi connectivity index (χ2n) is 3.20. The number of nitrogens with one attached hydrogen (secondary N) is 1. The summed E-state index contributed by atoms with van der Waals surface area (Å²) in [5.74, 6) is -3.13. The van der Waals surface area contributed by atoms with Crippen molar-refractivity contribution < 1.29 is 24.2 Å². The Labute approximate surface area is 90.5 Å². The number of rotatable bonds is 4. The summed E-state index contributed by atoms with van der Waals surface area (Å²) in [5, 5.41) is 19.5. The van der Waals surface area contributed by atoms with Gasteiger partial charge >= 0.3 is 11.9 Å². The molecule has 1 aromatic carbocycles. The lowest BCUT2D eigenvalue weighted by molar-refractivity contribution is -0.134. The third kappa shape index (κ3) is 2.69. The van der Waals surface area contributed by atoms with Gasteiger partial charge in [-0.3, -0.25) is 4.79 Å². The summed E-state index contributed by atoms with van der Waals surface area (Å²) in [4.78, 5) is 20.9. The van der Waals surface area contributed by atoms with E-state index in [4.69, 9.17) is 10.2 Å². The van der Waals surface area contributed by atoms with Gasteiger partial charge in [0.05, 0.1) is 11.3 Å². The molecule has 0 atom stereocenters. The fraction of sp³-hybridized carbons (Fsp3) is 0.200. The number of hydrogen-bond donors (Lipinski definition) is 3. The number of aryl methyl sites for hydroxylation is 1. The van der Waals surface area contributed by atoms with E-state index in [9.17, 15) is 14.0 Å². The van der Waals surface area contributed by atoms with Crippen LogP contribution in [0.15, 0.2) is 12.1 Å². The highest BCUT2D eigenvalue weighted by Crippen LogP contribution is 2.19. The van der Waals surface area contributed by atoms with Crippen LogP contribution in [-0.2, 0) is 4.79 Å². The van der Waals surface area contributed by atoms with Gasteiger partial charge in [0.15, 0.2) is 0 Å². The third-order valence-corrected chi connectivity index (χ3v) is 1.97. The van der Waals surface area contributed by atoms with E-state index in [0.29, 0.717) is 5.56 Å². The summed E-state index contributed by atoms with van der Waals surface area (Å²) in [6.07, 6.45) is 0. The predicted octanol–water partition coefficient (Wildman–Crippen LogP) is 1.33. The molecule has 3 N–H and O–H groups in total. The van der Waals surface area contributed by atoms with Crippen LogP contribution < -0.4 is 5.32 Å². The zero-order valence-electron chi connectivity index (χ0n) is 8.45. The Morgan fingerprint density at radius 2 is 2.00 bits per heavy atom. The summed E-state index contributed by atoms with van der Waals surface area (Å²) >= 11 is 0. The summed E-state index contributed by atoms with van der Waals surface area (Å²) in [5.41, 5.74) is 0.199. The standard InChI is InChI=1S/C10H10FNO4/c1-5-2-8(12-4-9(13)14)7(11)3-6(5)10(15)16/h2-3,12H,4H2,1H3,(H,13,14)(H,15,16). The van der Waals surface area contributed by atoms with E-state index in [1.54, 1.807) is 0 Å². The van der Waals surface area contributed by atoms with Gasteiger partial charge in [-0.05, 0) is 24.6 Å². The highest BCUT2D eigenvalue weighted by molar-refractivity contribution is 5.90. The van der Waals surface area contributed by atoms with E-state index < -0.39 is 24.3 Å². The first-order valence-corrected chi connectivity index (χ1v) is 4.41. The molecule has 0 bridgehead atoms. The molecule has 0 aliphatic heterocycles. The molecule has 0 radical (unpaired) electrons. The van der Waals surface area contributed by atoms with Gasteiger partial charge in [0.1, 0.15) is 12.4 Å². The van der Waals surface area contributed by atoms with Gasteiger partial charge < -0.3 is 15.5 Å². The van der Waals surface area contributed by atoms with Gasteiger partial charge in [0, 0.05) is 0 Å². The maximum atomic E-state index is 13.3. The summed E-state index contributed by atoms with van der Waals surface area (Å²) in [6.45, 7) is 1.08. The lowest BCUT2D eigenvalue weighted by Crippen LogP contribution is -2.14. The molecule has 0 saturated carbocycles. The molecule has 16 heavy (non-hydrogen) atoms. The number of halogens is 1. The molecule has 0 unspecified atom stereocenters. The zero-order chi connectivity index (χ0) is 12.3. The molecule has 1 aromatic rings. The number of aliphatic carboxylic acids is 1. The zero-order valence-corrected chi connectivity index (χ0v) is 8.45. The van der Waals surface area contributed by atoms with Crippen LogP contribution in [0, 0.1) is 12.7 Å². The second-order valence-corrected chi connectivity index (χ2v) is 3.20. The van der Waals surface area contributed by atoms with E-state index in [-0.39, 0.29) is 11.3 Å². The molecule has 0 spiro atoms. The van der Waals surface area contributed by atoms with E-state index in [1.165, 1.54) is 13.0 Å². The van der Waals surface area contributed by atoms with Crippen molar-refractivity contribution in [2.75, 3.05) is 11.9 Å². The highest BCUT2D eigenvalue weighted by Gasteiger charge is 2.12. The van der Waals surface area contributed by atoms with E-state index in [2.05, 4.69) is 5.32 Å². The van der Waals surface area contributed by atoms with Crippen molar-refractivity contribution in [2.24, 2.45) is 0 Å². The Morgan fingerprint density at radius 1 is 1.38 bits per heavy atom. The lowest BCUT2D eigenvalue weighted by atomic mass is 10.1. The Hall–Kier alpha value is -2.11. The van der Waals surface area contributed by atoms with Crippen LogP contribution in [0.25, 0.3) is 0 Å². The van der Waals surface area contributed by atoms with Crippen LogP contribution in [0.3, 0.4) is 0 Å². The SMILES string of the molecule is Cc1cc(NCC(=O)O)c(F)cc1C(=O)O. The summed E-state index contributed by atoms with van der Waals surface area (Å²) in [7, 11) is 0. The molecule has 0 aromatic heterocycles. The first-order chi connectivity index (χ1) is 7.41. The second kappa shape index (κ2) is 4.61. The molecule has 0 saturated heterocycles. The van der Waals surface area contributed by atoms with Gasteiger partial charge in [0.25, 0.3) is 0 Å². The summed E-state index contributed by atoms with van der Waals surface area (Å²) in [6, 6.07) is 2.13. The largest absolute Gasteiger partial charge is 0.480 e. The molecule has 1 rings (SSSR count). The number of aromatic carboxylic acids is 1. The van der Waals surface area contributed by atoms with E-state index in [1.807, 2.05) is 0 Å². The lowest BCUT2D eigenvalue weighted by Gasteiger charge is -2.08. The average molecular weight is 227 g/mol. The minimum Gasteiger partial charge on any atom is -0.480 e. The highest BCUT2D eigenvalue weighted by atomic mass is 19.1. The molecular weight excluding hydrogens is 217 g/mol. The van der Waals surface area contributed by atoms with Crippen LogP contribution >= 0.6 is 0 Å². The van der Waals surface area contributed by atoms with Crippen LogP contribution in [0.1, 0.15) is 15.9 Å². The smallest absolute Gasteiger partial charge is 0.336 e. The van der Waals surface area contributed by atoms with Gasteiger partial charge in [-0.15, -0.1) is 0 Å². The van der Waals surface area contributed by atoms with Crippen molar-refractivity contribution in [1.29, 1.82) is 0 Å². The predicted molar refractivity (Wildman–Crippen MR) is 54.2 cm³/mol. The van der Waals surface area contributed by atoms with E-state index >= 15 is 0 Å². The molecule has 0 amide bonds. The first-order valence-electron chi connectivity index (χ1n) is 4.41. The molecule has 0 fully saturated rings. The number of benzene rings is 1. The van der Waals surface area contributed by atoms with Crippen molar-refractivity contribution in [1.82, 2.24) is 0 Å². The Bertz CT molecular complexity index is 445. The van der Waals surface area contributed by atoms with Crippen molar-refractivity contribution in [2.45, 2.75) is 6.92 Å². The van der Waals surface area contributed by atoms with Gasteiger partial charge in [-0.25, -0.2) is 9.18 Å². The molecular formula is C10H10FNO4. The number of hydrogen-bond acceptors (Lipinski definition) is 3. The van der Waals surface area contributed by atoms with Crippen LogP contribution in [0.5, 0.6) is 0 Å². The monoisotopic (exact) mass is 227 g/mol. The Balaban J connectivity index is 3.01. The maximum absolute atomic E-state index is 13.3. The number of carboxylic acids is 2. The molecule has 0 aliphatic rings. The number of anilines is 1. The fourth-order valence-corrected chi connectivity index (χ4v) is 1.22. The number of carbonyl (C=O) groups is 2. The van der Waals surface area contributed by atoms with Gasteiger partial charge in [-0.1, -0.05) is 0 Å². The molecule has 0 heterocycles. The Morgan fingerprint density at radius 3 is 2.50 bits per heavy atom. The normalized spacial score (nSPS) is 9.88. The quantitative estimate of drug-likeness (QED) is 0.722. The van der Waals surface area contributed by atoms with E-state index in [0.717, 1.165) is 6.07 Å². The van der Waals surface area contributed by atoms with Crippen LogP contribution in [-0.4, -0.2) is 28.7 Å². The van der Waals surface area contributed by atoms with Crippen molar-refractivity contribution >= 4 is 17.6 Å². The molecule has 5 nitrogen and oxygen atoms in total. The summed E-state index contributed by atoms with van der Waals surface area (Å²) < 4.78 is 13.3. The van der Waals surface area contributed by atoms with Crippen molar-refractivity contribution in [3.8, 4) is 0 Å². The average Bonchev–Trinajstić information content (AvgIpc) is 2.18. The maximum Gasteiger partial charge on any atom is 0.336 e.